The quantitative estimate of drug-likeness (QED) is 0.339. The predicted molar refractivity (Wildman–Crippen MR) is 135 cm³/mol. The number of benzene rings is 1. The molecule has 17 heteroatoms. The molecule has 40 heavy (non-hydrogen) atoms. The number of hydrogen-bond donors (Lipinski definition) is 3. The zero-order chi connectivity index (χ0) is 29.4. The zero-order valence-electron chi connectivity index (χ0n) is 21.2. The van der Waals surface area contributed by atoms with Crippen LogP contribution in [0.3, 0.4) is 0 Å². The maximum absolute atomic E-state index is 14.8. The van der Waals surface area contributed by atoms with E-state index in [0.717, 1.165) is 0 Å². The second kappa shape index (κ2) is 11.2. The lowest BCUT2D eigenvalue weighted by Gasteiger charge is -2.26. The Morgan fingerprint density at radius 1 is 1.15 bits per heavy atom. The Morgan fingerprint density at radius 2 is 1.82 bits per heavy atom. The Hall–Kier alpha value is -3.47. The summed E-state index contributed by atoms with van der Waals surface area (Å²) in [6.45, 7) is 4.04. The van der Waals surface area contributed by atoms with Gasteiger partial charge in [-0.3, -0.25) is 14.1 Å². The topological polar surface area (TPSA) is 131 Å². The van der Waals surface area contributed by atoms with Gasteiger partial charge in [0.15, 0.2) is 17.3 Å². The number of rotatable bonds is 8. The molecule has 0 radical (unpaired) electrons. The highest BCUT2D eigenvalue weighted by Crippen LogP contribution is 2.28. The van der Waals surface area contributed by atoms with Crippen molar-refractivity contribution in [2.75, 3.05) is 28.9 Å². The molecule has 0 unspecified atom stereocenters. The third-order valence-electron chi connectivity index (χ3n) is 6.01. The lowest BCUT2D eigenvalue weighted by atomic mass is 10.1. The molecule has 1 aliphatic rings. The van der Waals surface area contributed by atoms with E-state index in [2.05, 4.69) is 25.6 Å². The second-order valence-corrected chi connectivity index (χ2v) is 11.4. The number of fused-ring (bicyclic) bond motifs is 1. The molecule has 0 saturated carbocycles. The van der Waals surface area contributed by atoms with E-state index in [0.29, 0.717) is 18.7 Å². The molecule has 10 nitrogen and oxygen atoms in total. The van der Waals surface area contributed by atoms with Crippen LogP contribution in [0.25, 0.3) is 22.4 Å². The highest BCUT2D eigenvalue weighted by molar-refractivity contribution is 7.92. The van der Waals surface area contributed by atoms with E-state index < -0.39 is 69.2 Å². The molecule has 0 spiro atoms. The number of aromatic nitrogens is 4. The number of hydrogen-bond acceptors (Lipinski definition) is 8. The smallest absolute Gasteiger partial charge is 0.350 e. The minimum Gasteiger partial charge on any atom is -0.350 e. The maximum Gasteiger partial charge on any atom is 0.390 e. The lowest BCUT2D eigenvalue weighted by Crippen LogP contribution is -2.44. The Balaban J connectivity index is 1.70. The number of anilines is 2. The van der Waals surface area contributed by atoms with Gasteiger partial charge >= 0.3 is 6.18 Å². The monoisotopic (exact) mass is 593 g/mol. The molecule has 1 saturated heterocycles. The molecule has 1 aliphatic heterocycles. The molecule has 4 rings (SSSR count). The summed E-state index contributed by atoms with van der Waals surface area (Å²) in [4.78, 5) is 26.1. The van der Waals surface area contributed by atoms with E-state index in [9.17, 15) is 39.6 Å². The highest BCUT2D eigenvalue weighted by Gasteiger charge is 2.31. The first-order valence-electron chi connectivity index (χ1n) is 12.1. The van der Waals surface area contributed by atoms with E-state index >= 15 is 0 Å². The fraction of sp³-hybridized carbons (Fsp3) is 0.478. The summed E-state index contributed by atoms with van der Waals surface area (Å²) in [5.41, 5.74) is -2.51. The third kappa shape index (κ3) is 6.80. The van der Waals surface area contributed by atoms with Crippen LogP contribution >= 0.6 is 0 Å². The first-order chi connectivity index (χ1) is 18.6. The predicted octanol–water partition coefficient (Wildman–Crippen LogP) is 3.52. The summed E-state index contributed by atoms with van der Waals surface area (Å²) in [5.74, 6) is -4.25. The number of sulfonamides is 1. The van der Waals surface area contributed by atoms with E-state index in [1.54, 1.807) is 13.8 Å². The third-order valence-corrected chi connectivity index (χ3v) is 7.26. The normalized spacial score (nSPS) is 18.3. The van der Waals surface area contributed by atoms with Gasteiger partial charge < -0.3 is 10.6 Å². The van der Waals surface area contributed by atoms with E-state index in [-0.39, 0.29) is 41.7 Å². The van der Waals surface area contributed by atoms with Crippen LogP contribution in [-0.2, 0) is 10.0 Å². The van der Waals surface area contributed by atoms with Gasteiger partial charge in [0, 0.05) is 37.2 Å². The van der Waals surface area contributed by atoms with Crippen molar-refractivity contribution >= 4 is 32.8 Å². The summed E-state index contributed by atoms with van der Waals surface area (Å²) < 4.78 is 107. The van der Waals surface area contributed by atoms with Crippen LogP contribution in [0.5, 0.6) is 0 Å². The van der Waals surface area contributed by atoms with Crippen LogP contribution < -0.4 is 20.9 Å². The minimum absolute atomic E-state index is 0.0942. The molecule has 0 aliphatic carbocycles. The van der Waals surface area contributed by atoms with Crippen LogP contribution in [-0.4, -0.2) is 65.2 Å². The second-order valence-electron chi connectivity index (χ2n) is 9.57. The fourth-order valence-electron chi connectivity index (χ4n) is 4.18. The summed E-state index contributed by atoms with van der Waals surface area (Å²) >= 11 is 0. The van der Waals surface area contributed by atoms with Crippen LogP contribution in [0.2, 0.25) is 0 Å². The van der Waals surface area contributed by atoms with Crippen LogP contribution in [0, 0.1) is 11.6 Å². The van der Waals surface area contributed by atoms with Gasteiger partial charge in [-0.05, 0) is 26.0 Å². The summed E-state index contributed by atoms with van der Waals surface area (Å²) in [7, 11) is -4.74. The van der Waals surface area contributed by atoms with E-state index in [1.807, 2.05) is 0 Å². The Labute approximate surface area is 224 Å². The molecule has 3 N–H and O–H groups in total. The molecular weight excluding hydrogens is 568 g/mol. The molecule has 2 atom stereocenters. The van der Waals surface area contributed by atoms with Crippen LogP contribution in [0.1, 0.15) is 32.7 Å². The number of nitrogens with one attached hydrogen (secondary N) is 3. The van der Waals surface area contributed by atoms with Gasteiger partial charge in [0.1, 0.15) is 23.1 Å². The Bertz CT molecular complexity index is 1560. The molecule has 3 aromatic rings. The zero-order valence-corrected chi connectivity index (χ0v) is 22.0. The van der Waals surface area contributed by atoms with Gasteiger partial charge in [0.25, 0.3) is 5.56 Å². The largest absolute Gasteiger partial charge is 0.390 e. The number of piperidine rings is 1. The van der Waals surface area contributed by atoms with Crippen molar-refractivity contribution < 1.29 is 34.8 Å². The average Bonchev–Trinajstić information content (AvgIpc) is 2.84. The van der Waals surface area contributed by atoms with Crippen LogP contribution in [0.15, 0.2) is 23.1 Å². The molecule has 2 aromatic heterocycles. The van der Waals surface area contributed by atoms with E-state index in [4.69, 9.17) is 0 Å². The molecular formula is C23H25F6N7O3S. The van der Waals surface area contributed by atoms with Gasteiger partial charge in [-0.1, -0.05) is 0 Å². The fourth-order valence-corrected chi connectivity index (χ4v) is 5.29. The summed E-state index contributed by atoms with van der Waals surface area (Å²) in [5, 5.41) is 5.95. The number of halogens is 6. The molecule has 0 bridgehead atoms. The van der Waals surface area contributed by atoms with Crippen molar-refractivity contribution in [3.8, 4) is 11.3 Å². The Morgan fingerprint density at radius 3 is 2.42 bits per heavy atom. The minimum atomic E-state index is -4.79. The first-order valence-corrected chi connectivity index (χ1v) is 13.8. The highest BCUT2D eigenvalue weighted by atomic mass is 32.2. The molecule has 3 heterocycles. The van der Waals surface area contributed by atoms with Crippen molar-refractivity contribution in [2.45, 2.75) is 51.1 Å². The van der Waals surface area contributed by atoms with Gasteiger partial charge in [-0.25, -0.2) is 31.6 Å². The molecule has 218 valence electrons. The standard InChI is InChI=1S/C23H25F6N7O3S/c1-11(2)36-20-17(10-31-22(34-20)32-14-7-13(24)8-30-9-14)33-18(21(36)37)12-5-15(25)19(16(26)6-12)35-40(38,39)4-3-23(27,28)29/h5-6,10-11,13-14,30,35H,3-4,7-9H2,1-2H3,(H,31,32,34)/t13-,14-/m0/s1. The van der Waals surface area contributed by atoms with Crippen molar-refractivity contribution in [2.24, 2.45) is 0 Å². The van der Waals surface area contributed by atoms with E-state index in [1.165, 1.54) is 15.5 Å². The lowest BCUT2D eigenvalue weighted by molar-refractivity contribution is -0.129. The van der Waals surface area contributed by atoms with Crippen LogP contribution in [0.4, 0.5) is 38.0 Å². The number of nitrogens with zero attached hydrogens (tertiary/aromatic N) is 4. The van der Waals surface area contributed by atoms with Gasteiger partial charge in [-0.15, -0.1) is 0 Å². The molecule has 1 aromatic carbocycles. The molecule has 0 amide bonds. The SMILES string of the molecule is CC(C)n1c(=O)c(-c2cc(F)c(NS(=O)(=O)CCC(F)(F)F)c(F)c2)nc2cnc(N[C@@H]3CNC[C@@H](F)C3)nc21. The van der Waals surface area contributed by atoms with Crippen molar-refractivity contribution in [1.82, 2.24) is 24.8 Å². The molecule has 1 fully saturated rings. The Kier molecular flexibility index (Phi) is 8.26. The summed E-state index contributed by atoms with van der Waals surface area (Å²) in [6.07, 6.45) is -6.04. The maximum atomic E-state index is 14.8. The van der Waals surface area contributed by atoms with Gasteiger partial charge in [-0.2, -0.15) is 18.2 Å². The summed E-state index contributed by atoms with van der Waals surface area (Å²) in [6, 6.07) is 0.486. The van der Waals surface area contributed by atoms with Crippen molar-refractivity contribution in [1.29, 1.82) is 0 Å². The first kappa shape index (κ1) is 29.5. The van der Waals surface area contributed by atoms with Crippen molar-refractivity contribution in [3.05, 3.63) is 40.3 Å². The van der Waals surface area contributed by atoms with Gasteiger partial charge in [0.2, 0.25) is 16.0 Å². The van der Waals surface area contributed by atoms with Crippen molar-refractivity contribution in [3.63, 3.8) is 0 Å². The number of alkyl halides is 4. The average molecular weight is 594 g/mol. The van der Waals surface area contributed by atoms with Gasteiger partial charge in [0.05, 0.1) is 18.4 Å².